The molecule has 0 saturated carbocycles. The molecule has 156 valence electrons. The summed E-state index contributed by atoms with van der Waals surface area (Å²) in [6.45, 7) is 4.90. The van der Waals surface area contributed by atoms with Crippen LogP contribution in [-0.4, -0.2) is 45.2 Å². The number of rotatable bonds is 5. The molecule has 2 heterocycles. The number of aromatic amines is 1. The molecule has 1 amide bonds. The zero-order valence-electron chi connectivity index (χ0n) is 17.4. The smallest absolute Gasteiger partial charge is 0.254 e. The maximum atomic E-state index is 13.2. The monoisotopic (exact) mass is 413 g/mol. The number of aliphatic hydroxyl groups excluding tert-OH is 1. The zero-order valence-corrected chi connectivity index (χ0v) is 17.4. The highest BCUT2D eigenvalue weighted by Gasteiger charge is 2.33. The molecule has 0 radical (unpaired) electrons. The molecule has 7 heteroatoms. The molecule has 1 saturated heterocycles. The zero-order chi connectivity index (χ0) is 22.1. The predicted octanol–water partition coefficient (Wildman–Crippen LogP) is 3.29. The third-order valence-corrected chi connectivity index (χ3v) is 5.82. The second-order valence-corrected chi connectivity index (χ2v) is 7.87. The van der Waals surface area contributed by atoms with Crippen LogP contribution in [0.4, 0.5) is 0 Å². The van der Waals surface area contributed by atoms with Gasteiger partial charge < -0.3 is 20.4 Å². The summed E-state index contributed by atoms with van der Waals surface area (Å²) in [5.41, 5.74) is 6.10. The summed E-state index contributed by atoms with van der Waals surface area (Å²) in [5.74, 6) is 0.627. The largest absolute Gasteiger partial charge is 0.388 e. The molecule has 1 aliphatic heterocycles. The Balaban J connectivity index is 1.58. The number of aliphatic hydroxyl groups is 1. The van der Waals surface area contributed by atoms with Crippen molar-refractivity contribution >= 4 is 12.1 Å². The van der Waals surface area contributed by atoms with E-state index in [1.54, 1.807) is 0 Å². The summed E-state index contributed by atoms with van der Waals surface area (Å²) in [4.78, 5) is 22.3. The van der Waals surface area contributed by atoms with Crippen molar-refractivity contribution in [3.63, 3.8) is 0 Å². The molecule has 1 aliphatic rings. The van der Waals surface area contributed by atoms with Gasteiger partial charge in [-0.2, -0.15) is 5.26 Å². The van der Waals surface area contributed by atoms with Crippen molar-refractivity contribution in [2.24, 2.45) is 0 Å². The lowest BCUT2D eigenvalue weighted by Gasteiger charge is -2.40. The van der Waals surface area contributed by atoms with Gasteiger partial charge in [0.25, 0.3) is 5.91 Å². The Bertz CT molecular complexity index is 1200. The first kappa shape index (κ1) is 20.5. The Labute approximate surface area is 180 Å². The first-order chi connectivity index (χ1) is 14.9. The van der Waals surface area contributed by atoms with Crippen LogP contribution >= 0.6 is 0 Å². The van der Waals surface area contributed by atoms with Gasteiger partial charge in [-0.25, -0.2) is 4.98 Å². The second kappa shape index (κ2) is 8.17. The molecule has 7 nitrogen and oxygen atoms in total. The van der Waals surface area contributed by atoms with Gasteiger partial charge in [-0.15, -0.1) is 0 Å². The number of carbonyl (C=O) groups excluding carboxylic acids is 1. The normalized spacial score (nSPS) is 13.5. The van der Waals surface area contributed by atoms with E-state index >= 15 is 0 Å². The standard InChI is InChI=1S/C24H23N5O2/c1-14-7-15(2)20(8-19(14)23-21(10-26)27-22(13-30)28-23)24(31)29-11-18(12-29)17-5-3-16(9-25)4-6-17/h3-8,10,18,26,30H,11-13H2,1-2H3,(H,27,28). The molecule has 0 bridgehead atoms. The Morgan fingerprint density at radius 3 is 2.61 bits per heavy atom. The average Bonchev–Trinajstić information content (AvgIpc) is 3.16. The van der Waals surface area contributed by atoms with E-state index < -0.39 is 0 Å². The van der Waals surface area contributed by atoms with Gasteiger partial charge in [-0.05, 0) is 48.7 Å². The summed E-state index contributed by atoms with van der Waals surface area (Å²) in [7, 11) is 0. The van der Waals surface area contributed by atoms with E-state index in [0.29, 0.717) is 41.4 Å². The quantitative estimate of drug-likeness (QED) is 0.556. The fourth-order valence-electron chi connectivity index (χ4n) is 4.03. The number of carbonyl (C=O) groups is 1. The minimum absolute atomic E-state index is 0.0260. The third kappa shape index (κ3) is 3.74. The number of hydrogen-bond acceptors (Lipinski definition) is 5. The van der Waals surface area contributed by atoms with E-state index in [1.807, 2.05) is 55.1 Å². The lowest BCUT2D eigenvalue weighted by atomic mass is 9.89. The molecule has 0 unspecified atom stereocenters. The highest BCUT2D eigenvalue weighted by molar-refractivity contribution is 5.98. The third-order valence-electron chi connectivity index (χ3n) is 5.82. The molecule has 0 aliphatic carbocycles. The van der Waals surface area contributed by atoms with Gasteiger partial charge in [0, 0.05) is 36.3 Å². The van der Waals surface area contributed by atoms with Gasteiger partial charge in [0.05, 0.1) is 17.3 Å². The van der Waals surface area contributed by atoms with E-state index in [4.69, 9.17) is 10.7 Å². The topological polar surface area (TPSA) is 117 Å². The first-order valence-electron chi connectivity index (χ1n) is 10.1. The number of nitrogens with zero attached hydrogens (tertiary/aromatic N) is 3. The number of H-pyrrole nitrogens is 1. The van der Waals surface area contributed by atoms with E-state index in [1.165, 1.54) is 0 Å². The summed E-state index contributed by atoms with van der Waals surface area (Å²) >= 11 is 0. The number of aryl methyl sites for hydroxylation is 2. The molecular formula is C24H23N5O2. The number of hydrogen-bond donors (Lipinski definition) is 3. The number of nitriles is 1. The first-order valence-corrected chi connectivity index (χ1v) is 10.1. The number of nitrogens with one attached hydrogen (secondary N) is 2. The van der Waals surface area contributed by atoms with Crippen LogP contribution in [0, 0.1) is 30.6 Å². The van der Waals surface area contributed by atoms with Gasteiger partial charge in [0.2, 0.25) is 0 Å². The van der Waals surface area contributed by atoms with Gasteiger partial charge >= 0.3 is 0 Å². The highest BCUT2D eigenvalue weighted by atomic mass is 16.3. The molecule has 0 atom stereocenters. The Hall–Kier alpha value is -3.76. The lowest BCUT2D eigenvalue weighted by Crippen LogP contribution is -2.48. The van der Waals surface area contributed by atoms with Gasteiger partial charge in [-0.3, -0.25) is 4.79 Å². The summed E-state index contributed by atoms with van der Waals surface area (Å²) in [6.07, 6.45) is 1.14. The fraction of sp³-hybridized carbons (Fsp3) is 0.250. The van der Waals surface area contributed by atoms with Gasteiger partial charge in [0.1, 0.15) is 18.1 Å². The van der Waals surface area contributed by atoms with Crippen LogP contribution < -0.4 is 0 Å². The van der Waals surface area contributed by atoms with E-state index in [-0.39, 0.29) is 18.4 Å². The molecule has 4 rings (SSSR count). The molecule has 3 N–H and O–H groups in total. The van der Waals surface area contributed by atoms with Crippen LogP contribution in [0.3, 0.4) is 0 Å². The summed E-state index contributed by atoms with van der Waals surface area (Å²) in [5, 5.41) is 26.0. The number of amides is 1. The van der Waals surface area contributed by atoms with Crippen molar-refractivity contribution in [3.8, 4) is 17.3 Å². The fourth-order valence-corrected chi connectivity index (χ4v) is 4.03. The summed E-state index contributed by atoms with van der Waals surface area (Å²) in [6, 6.07) is 13.5. The van der Waals surface area contributed by atoms with Crippen LogP contribution in [-0.2, 0) is 6.61 Å². The van der Waals surface area contributed by atoms with Crippen molar-refractivity contribution in [3.05, 3.63) is 75.7 Å². The minimum Gasteiger partial charge on any atom is -0.388 e. The van der Waals surface area contributed by atoms with Crippen molar-refractivity contribution in [1.82, 2.24) is 14.9 Å². The van der Waals surface area contributed by atoms with Crippen molar-refractivity contribution in [2.45, 2.75) is 26.4 Å². The van der Waals surface area contributed by atoms with Crippen LogP contribution in [0.25, 0.3) is 11.3 Å². The van der Waals surface area contributed by atoms with Gasteiger partial charge in [0.15, 0.2) is 0 Å². The highest BCUT2D eigenvalue weighted by Crippen LogP contribution is 2.32. The molecule has 3 aromatic rings. The average molecular weight is 413 g/mol. The second-order valence-electron chi connectivity index (χ2n) is 7.87. The lowest BCUT2D eigenvalue weighted by molar-refractivity contribution is 0.0601. The number of benzene rings is 2. The number of imidazole rings is 1. The Kier molecular flexibility index (Phi) is 5.40. The van der Waals surface area contributed by atoms with Crippen molar-refractivity contribution in [2.75, 3.05) is 13.1 Å². The number of aromatic nitrogens is 2. The SMILES string of the molecule is Cc1cc(C)c(-c2[nH]c(CO)nc2C=N)cc1C(=O)N1CC(c2ccc(C#N)cc2)C1. The molecule has 2 aromatic carbocycles. The molecular weight excluding hydrogens is 390 g/mol. The van der Waals surface area contributed by atoms with Crippen LogP contribution in [0.1, 0.15) is 50.0 Å². The molecule has 31 heavy (non-hydrogen) atoms. The van der Waals surface area contributed by atoms with E-state index in [0.717, 1.165) is 28.5 Å². The van der Waals surface area contributed by atoms with Gasteiger partial charge in [-0.1, -0.05) is 18.2 Å². The predicted molar refractivity (Wildman–Crippen MR) is 117 cm³/mol. The molecule has 0 spiro atoms. The van der Waals surface area contributed by atoms with Crippen molar-refractivity contribution < 1.29 is 9.90 Å². The minimum atomic E-state index is -0.248. The van der Waals surface area contributed by atoms with Crippen LogP contribution in [0.5, 0.6) is 0 Å². The number of likely N-dealkylation sites (tertiary alicyclic amines) is 1. The Morgan fingerprint density at radius 2 is 2.00 bits per heavy atom. The summed E-state index contributed by atoms with van der Waals surface area (Å²) < 4.78 is 0. The van der Waals surface area contributed by atoms with Crippen LogP contribution in [0.2, 0.25) is 0 Å². The van der Waals surface area contributed by atoms with E-state index in [9.17, 15) is 9.90 Å². The molecule has 1 aromatic heterocycles. The van der Waals surface area contributed by atoms with Crippen molar-refractivity contribution in [1.29, 1.82) is 10.7 Å². The molecule has 1 fully saturated rings. The Morgan fingerprint density at radius 1 is 1.29 bits per heavy atom. The van der Waals surface area contributed by atoms with E-state index in [2.05, 4.69) is 16.0 Å². The maximum Gasteiger partial charge on any atom is 0.254 e. The van der Waals surface area contributed by atoms with Crippen LogP contribution in [0.15, 0.2) is 36.4 Å². The maximum absolute atomic E-state index is 13.2.